The molecule has 2 nitrogen and oxygen atoms in total. The zero-order chi connectivity index (χ0) is 23.6. The lowest BCUT2D eigenvalue weighted by molar-refractivity contribution is 0.185. The van der Waals surface area contributed by atoms with E-state index in [1.54, 1.807) is 12.1 Å². The SMILES string of the molecule is OCCN(CC[C@@H](Cc1cc(F)ccc1-c1ccccc1)c1ccccc1)Cc1ccccc1. The van der Waals surface area contributed by atoms with Gasteiger partial charge in [0.1, 0.15) is 5.82 Å². The van der Waals surface area contributed by atoms with Gasteiger partial charge in [-0.15, -0.1) is 0 Å². The van der Waals surface area contributed by atoms with Crippen LogP contribution in [-0.4, -0.2) is 29.7 Å². The van der Waals surface area contributed by atoms with Gasteiger partial charge in [-0.05, 0) is 65.3 Å². The number of rotatable bonds is 11. The largest absolute Gasteiger partial charge is 0.395 e. The van der Waals surface area contributed by atoms with Crippen LogP contribution in [-0.2, 0) is 13.0 Å². The fraction of sp³-hybridized carbons (Fsp3) is 0.226. The lowest BCUT2D eigenvalue weighted by Gasteiger charge is -2.26. The van der Waals surface area contributed by atoms with Crippen molar-refractivity contribution in [2.75, 3.05) is 19.7 Å². The molecule has 0 fully saturated rings. The first-order valence-corrected chi connectivity index (χ1v) is 12.0. The van der Waals surface area contributed by atoms with Crippen LogP contribution in [0.25, 0.3) is 11.1 Å². The standard InChI is InChI=1S/C31H32FNO/c32-30-16-17-31(27-14-8-3-9-15-27)29(23-30)22-28(26-12-6-2-7-13-26)18-19-33(20-21-34)24-25-10-4-1-5-11-25/h1-17,23,28,34H,18-22,24H2/t28-/m0/s1. The summed E-state index contributed by atoms with van der Waals surface area (Å²) >= 11 is 0. The molecule has 0 amide bonds. The van der Waals surface area contributed by atoms with E-state index in [2.05, 4.69) is 53.4 Å². The Morgan fingerprint density at radius 3 is 2.06 bits per heavy atom. The number of halogens is 1. The highest BCUT2D eigenvalue weighted by atomic mass is 19.1. The molecule has 34 heavy (non-hydrogen) atoms. The van der Waals surface area contributed by atoms with Crippen LogP contribution in [0.15, 0.2) is 109 Å². The molecule has 0 aliphatic carbocycles. The second-order valence-electron chi connectivity index (χ2n) is 8.75. The molecule has 0 aliphatic rings. The van der Waals surface area contributed by atoms with E-state index in [0.717, 1.165) is 42.6 Å². The molecular formula is C31H32FNO. The van der Waals surface area contributed by atoms with Gasteiger partial charge in [-0.25, -0.2) is 4.39 Å². The topological polar surface area (TPSA) is 23.5 Å². The number of nitrogens with zero attached hydrogens (tertiary/aromatic N) is 1. The van der Waals surface area contributed by atoms with Crippen LogP contribution in [0.2, 0.25) is 0 Å². The quantitative estimate of drug-likeness (QED) is 0.273. The molecule has 0 bridgehead atoms. The van der Waals surface area contributed by atoms with Gasteiger partial charge in [0, 0.05) is 13.1 Å². The maximum atomic E-state index is 14.3. The summed E-state index contributed by atoms with van der Waals surface area (Å²) in [5.41, 5.74) is 5.71. The first-order chi connectivity index (χ1) is 16.7. The fourth-order valence-electron chi connectivity index (χ4n) is 4.60. The smallest absolute Gasteiger partial charge is 0.123 e. The molecule has 174 valence electrons. The van der Waals surface area contributed by atoms with Crippen LogP contribution >= 0.6 is 0 Å². The van der Waals surface area contributed by atoms with Crippen LogP contribution in [0.4, 0.5) is 4.39 Å². The Kier molecular flexibility index (Phi) is 8.61. The second-order valence-corrected chi connectivity index (χ2v) is 8.75. The Bertz CT molecular complexity index is 1130. The number of aliphatic hydroxyl groups is 1. The minimum Gasteiger partial charge on any atom is -0.395 e. The van der Waals surface area contributed by atoms with Crippen molar-refractivity contribution >= 4 is 0 Å². The Labute approximate surface area is 202 Å². The molecule has 1 N–H and O–H groups in total. The van der Waals surface area contributed by atoms with Gasteiger partial charge in [-0.2, -0.15) is 0 Å². The highest BCUT2D eigenvalue weighted by molar-refractivity contribution is 5.67. The minimum atomic E-state index is -0.201. The maximum absolute atomic E-state index is 14.3. The van der Waals surface area contributed by atoms with E-state index in [9.17, 15) is 9.50 Å². The lowest BCUT2D eigenvalue weighted by Crippen LogP contribution is -2.29. The van der Waals surface area contributed by atoms with Gasteiger partial charge in [0.2, 0.25) is 0 Å². The van der Waals surface area contributed by atoms with Crippen LogP contribution in [0.3, 0.4) is 0 Å². The second kappa shape index (κ2) is 12.3. The van der Waals surface area contributed by atoms with Gasteiger partial charge in [-0.3, -0.25) is 4.90 Å². The van der Waals surface area contributed by atoms with Gasteiger partial charge in [-0.1, -0.05) is 97.1 Å². The van der Waals surface area contributed by atoms with Crippen molar-refractivity contribution in [2.24, 2.45) is 0 Å². The normalized spacial score (nSPS) is 12.1. The zero-order valence-corrected chi connectivity index (χ0v) is 19.5. The van der Waals surface area contributed by atoms with E-state index < -0.39 is 0 Å². The van der Waals surface area contributed by atoms with E-state index in [0.29, 0.717) is 6.54 Å². The molecule has 1 atom stereocenters. The Hall–Kier alpha value is -3.27. The number of benzene rings is 4. The molecule has 0 spiro atoms. The lowest BCUT2D eigenvalue weighted by atomic mass is 9.86. The van der Waals surface area contributed by atoms with Crippen molar-refractivity contribution in [1.29, 1.82) is 0 Å². The molecule has 4 aromatic carbocycles. The monoisotopic (exact) mass is 453 g/mol. The molecule has 0 heterocycles. The van der Waals surface area contributed by atoms with Crippen LogP contribution < -0.4 is 0 Å². The van der Waals surface area contributed by atoms with Crippen molar-refractivity contribution in [2.45, 2.75) is 25.3 Å². The predicted octanol–water partition coefficient (Wildman–Crippen LogP) is 6.70. The third kappa shape index (κ3) is 6.63. The van der Waals surface area contributed by atoms with Crippen LogP contribution in [0.5, 0.6) is 0 Å². The third-order valence-corrected chi connectivity index (χ3v) is 6.35. The molecule has 0 aromatic heterocycles. The van der Waals surface area contributed by atoms with Gasteiger partial charge >= 0.3 is 0 Å². The summed E-state index contributed by atoms with van der Waals surface area (Å²) in [7, 11) is 0. The molecule has 3 heteroatoms. The summed E-state index contributed by atoms with van der Waals surface area (Å²) in [6.45, 7) is 2.42. The van der Waals surface area contributed by atoms with E-state index in [4.69, 9.17) is 0 Å². The summed E-state index contributed by atoms with van der Waals surface area (Å²) in [6.07, 6.45) is 1.67. The highest BCUT2D eigenvalue weighted by Crippen LogP contribution is 2.31. The average molecular weight is 454 g/mol. The molecule has 0 radical (unpaired) electrons. The summed E-state index contributed by atoms with van der Waals surface area (Å²) < 4.78 is 14.3. The van der Waals surface area contributed by atoms with E-state index in [1.807, 2.05) is 48.5 Å². The fourth-order valence-corrected chi connectivity index (χ4v) is 4.60. The summed E-state index contributed by atoms with van der Waals surface area (Å²) in [4.78, 5) is 2.30. The van der Waals surface area contributed by atoms with E-state index in [1.165, 1.54) is 11.1 Å². The minimum absolute atomic E-state index is 0.130. The van der Waals surface area contributed by atoms with Gasteiger partial charge in [0.05, 0.1) is 6.61 Å². The summed E-state index contributed by atoms with van der Waals surface area (Å²) in [5.74, 6) is 0.0369. The summed E-state index contributed by atoms with van der Waals surface area (Å²) in [5, 5.41) is 9.64. The summed E-state index contributed by atoms with van der Waals surface area (Å²) in [6, 6.07) is 36.2. The average Bonchev–Trinajstić information content (AvgIpc) is 2.88. The number of hydrogen-bond acceptors (Lipinski definition) is 2. The van der Waals surface area contributed by atoms with Crippen LogP contribution in [0, 0.1) is 5.82 Å². The first kappa shape index (κ1) is 23.9. The molecule has 4 aromatic rings. The van der Waals surface area contributed by atoms with Gasteiger partial charge in [0.15, 0.2) is 0 Å². The third-order valence-electron chi connectivity index (χ3n) is 6.35. The van der Waals surface area contributed by atoms with Crippen molar-refractivity contribution in [3.63, 3.8) is 0 Å². The van der Waals surface area contributed by atoms with Gasteiger partial charge in [0.25, 0.3) is 0 Å². The molecular weight excluding hydrogens is 421 g/mol. The number of aliphatic hydroxyl groups excluding tert-OH is 1. The van der Waals surface area contributed by atoms with Crippen LogP contribution in [0.1, 0.15) is 29.0 Å². The van der Waals surface area contributed by atoms with Crippen molar-refractivity contribution in [3.8, 4) is 11.1 Å². The number of hydrogen-bond donors (Lipinski definition) is 1. The van der Waals surface area contributed by atoms with E-state index in [-0.39, 0.29) is 18.3 Å². The molecule has 0 aliphatic heterocycles. The molecule has 0 saturated carbocycles. The van der Waals surface area contributed by atoms with E-state index >= 15 is 0 Å². The predicted molar refractivity (Wildman–Crippen MR) is 138 cm³/mol. The maximum Gasteiger partial charge on any atom is 0.123 e. The Morgan fingerprint density at radius 2 is 1.38 bits per heavy atom. The molecule has 0 saturated heterocycles. The first-order valence-electron chi connectivity index (χ1n) is 12.0. The van der Waals surface area contributed by atoms with Gasteiger partial charge < -0.3 is 5.11 Å². The van der Waals surface area contributed by atoms with Crippen molar-refractivity contribution in [1.82, 2.24) is 4.90 Å². The van der Waals surface area contributed by atoms with Crippen molar-refractivity contribution < 1.29 is 9.50 Å². The Balaban J connectivity index is 1.57. The zero-order valence-electron chi connectivity index (χ0n) is 19.5. The highest BCUT2D eigenvalue weighted by Gasteiger charge is 2.18. The van der Waals surface area contributed by atoms with Crippen molar-refractivity contribution in [3.05, 3.63) is 132 Å². The Morgan fingerprint density at radius 1 is 0.735 bits per heavy atom. The molecule has 4 rings (SSSR count). The molecule has 0 unspecified atom stereocenters.